The number of nitrogens with zero attached hydrogens (tertiary/aromatic N) is 1. The summed E-state index contributed by atoms with van der Waals surface area (Å²) >= 11 is 7.83. The minimum absolute atomic E-state index is 0.0549. The molecule has 0 aromatic carbocycles. The third kappa shape index (κ3) is 3.35. The number of rotatable bonds is 5. The van der Waals surface area contributed by atoms with Crippen LogP contribution in [0.5, 0.6) is 0 Å². The van der Waals surface area contributed by atoms with E-state index in [0.717, 1.165) is 5.69 Å². The van der Waals surface area contributed by atoms with Gasteiger partial charge >= 0.3 is 0 Å². The lowest BCUT2D eigenvalue weighted by atomic mass is 10.1. The fourth-order valence-corrected chi connectivity index (χ4v) is 3.23. The SMILES string of the molecule is C#Cc1c(CC(C)N)oc2c(NCc3cccs3)cc(Cl)nc12. The minimum atomic E-state index is -0.0549. The van der Waals surface area contributed by atoms with Crippen molar-refractivity contribution in [2.45, 2.75) is 25.9 Å². The molecule has 0 bridgehead atoms. The van der Waals surface area contributed by atoms with Gasteiger partial charge in [-0.3, -0.25) is 0 Å². The fraction of sp³-hybridized carbons (Fsp3) is 0.235. The first-order chi connectivity index (χ1) is 11.1. The molecule has 0 aliphatic carbocycles. The van der Waals surface area contributed by atoms with Crippen LogP contribution in [0.15, 0.2) is 28.0 Å². The van der Waals surface area contributed by atoms with E-state index in [1.54, 1.807) is 17.4 Å². The number of nitrogens with one attached hydrogen (secondary N) is 1. The van der Waals surface area contributed by atoms with E-state index in [1.165, 1.54) is 4.88 Å². The van der Waals surface area contributed by atoms with Crippen LogP contribution >= 0.6 is 22.9 Å². The lowest BCUT2D eigenvalue weighted by Crippen LogP contribution is -2.17. The molecule has 0 saturated heterocycles. The number of furan rings is 1. The first-order valence-corrected chi connectivity index (χ1v) is 8.44. The van der Waals surface area contributed by atoms with Crippen LogP contribution in [0.4, 0.5) is 5.69 Å². The highest BCUT2D eigenvalue weighted by Gasteiger charge is 2.19. The highest BCUT2D eigenvalue weighted by atomic mass is 35.5. The summed E-state index contributed by atoms with van der Waals surface area (Å²) in [5.74, 6) is 3.32. The Morgan fingerprint density at radius 1 is 1.57 bits per heavy atom. The van der Waals surface area contributed by atoms with Gasteiger partial charge in [0.25, 0.3) is 0 Å². The van der Waals surface area contributed by atoms with Crippen LogP contribution in [0.3, 0.4) is 0 Å². The topological polar surface area (TPSA) is 64.1 Å². The summed E-state index contributed by atoms with van der Waals surface area (Å²) in [4.78, 5) is 5.54. The molecule has 0 aliphatic heterocycles. The van der Waals surface area contributed by atoms with Crippen molar-refractivity contribution in [3.05, 3.63) is 44.9 Å². The number of anilines is 1. The standard InChI is InChI=1S/C17H16ClN3OS/c1-3-12-14(7-10(2)19)22-17-13(8-15(18)21-16(12)17)20-9-11-5-4-6-23-11/h1,4-6,8,10H,7,9,19H2,2H3,(H,20,21). The fourth-order valence-electron chi connectivity index (χ4n) is 2.39. The van der Waals surface area contributed by atoms with Crippen molar-refractivity contribution < 1.29 is 4.42 Å². The van der Waals surface area contributed by atoms with E-state index in [-0.39, 0.29) is 6.04 Å². The quantitative estimate of drug-likeness (QED) is 0.541. The van der Waals surface area contributed by atoms with Crippen molar-refractivity contribution in [2.75, 3.05) is 5.32 Å². The summed E-state index contributed by atoms with van der Waals surface area (Å²) in [6, 6.07) is 5.77. The maximum absolute atomic E-state index is 6.14. The third-order valence-electron chi connectivity index (χ3n) is 3.37. The predicted molar refractivity (Wildman–Crippen MR) is 96.0 cm³/mol. The summed E-state index contributed by atoms with van der Waals surface area (Å²) in [5, 5.41) is 5.75. The number of fused-ring (bicyclic) bond motifs is 1. The molecule has 3 N–H and O–H groups in total. The van der Waals surface area contributed by atoms with Gasteiger partial charge in [-0.25, -0.2) is 4.98 Å². The van der Waals surface area contributed by atoms with Crippen molar-refractivity contribution in [1.82, 2.24) is 4.98 Å². The summed E-state index contributed by atoms with van der Waals surface area (Å²) in [7, 11) is 0. The molecule has 118 valence electrons. The summed E-state index contributed by atoms with van der Waals surface area (Å²) < 4.78 is 5.95. The van der Waals surface area contributed by atoms with Gasteiger partial charge in [0.15, 0.2) is 5.58 Å². The molecule has 4 nitrogen and oxygen atoms in total. The Kier molecular flexibility index (Phi) is 4.58. The zero-order valence-electron chi connectivity index (χ0n) is 12.6. The zero-order valence-corrected chi connectivity index (χ0v) is 14.2. The van der Waals surface area contributed by atoms with E-state index in [1.807, 2.05) is 18.4 Å². The molecule has 0 saturated carbocycles. The van der Waals surface area contributed by atoms with Crippen LogP contribution in [0.2, 0.25) is 5.15 Å². The number of aromatic nitrogens is 1. The summed E-state index contributed by atoms with van der Waals surface area (Å²) in [6.45, 7) is 2.59. The summed E-state index contributed by atoms with van der Waals surface area (Å²) in [5.41, 5.74) is 8.50. The number of nitrogens with two attached hydrogens (primary N) is 1. The molecule has 0 aliphatic rings. The Morgan fingerprint density at radius 2 is 2.39 bits per heavy atom. The average molecular weight is 346 g/mol. The van der Waals surface area contributed by atoms with Crippen LogP contribution in [0.1, 0.15) is 23.1 Å². The first-order valence-electron chi connectivity index (χ1n) is 7.19. The normalized spacial score (nSPS) is 12.3. The Bertz CT molecular complexity index is 862. The van der Waals surface area contributed by atoms with E-state index in [9.17, 15) is 0 Å². The van der Waals surface area contributed by atoms with Crippen molar-refractivity contribution in [3.8, 4) is 12.3 Å². The smallest absolute Gasteiger partial charge is 0.177 e. The molecule has 3 aromatic heterocycles. The van der Waals surface area contributed by atoms with Gasteiger partial charge in [0.05, 0.1) is 11.3 Å². The van der Waals surface area contributed by atoms with Crippen molar-refractivity contribution in [2.24, 2.45) is 5.73 Å². The Morgan fingerprint density at radius 3 is 3.04 bits per heavy atom. The molecule has 23 heavy (non-hydrogen) atoms. The van der Waals surface area contributed by atoms with Gasteiger partial charge in [-0.15, -0.1) is 17.8 Å². The monoisotopic (exact) mass is 345 g/mol. The molecule has 3 aromatic rings. The average Bonchev–Trinajstić information content (AvgIpc) is 3.11. The van der Waals surface area contributed by atoms with Gasteiger partial charge < -0.3 is 15.5 Å². The molecule has 0 radical (unpaired) electrons. The number of terminal acetylenes is 1. The third-order valence-corrected chi connectivity index (χ3v) is 4.44. The van der Waals surface area contributed by atoms with E-state index in [2.05, 4.69) is 22.3 Å². The van der Waals surface area contributed by atoms with Crippen LogP contribution < -0.4 is 11.1 Å². The second-order valence-corrected chi connectivity index (χ2v) is 6.75. The predicted octanol–water partition coefficient (Wildman–Crippen LogP) is 4.03. The molecular weight excluding hydrogens is 330 g/mol. The number of hydrogen-bond donors (Lipinski definition) is 2. The van der Waals surface area contributed by atoms with Crippen LogP contribution in [0, 0.1) is 12.3 Å². The van der Waals surface area contributed by atoms with E-state index in [0.29, 0.717) is 40.5 Å². The molecule has 0 fully saturated rings. The van der Waals surface area contributed by atoms with Crippen molar-refractivity contribution in [1.29, 1.82) is 0 Å². The van der Waals surface area contributed by atoms with Gasteiger partial charge in [-0.2, -0.15) is 0 Å². The second-order valence-electron chi connectivity index (χ2n) is 5.33. The van der Waals surface area contributed by atoms with E-state index in [4.69, 9.17) is 28.2 Å². The lowest BCUT2D eigenvalue weighted by molar-refractivity contribution is 0.524. The second kappa shape index (κ2) is 6.63. The molecule has 0 spiro atoms. The highest BCUT2D eigenvalue weighted by molar-refractivity contribution is 7.09. The van der Waals surface area contributed by atoms with Crippen molar-refractivity contribution >= 4 is 39.7 Å². The largest absolute Gasteiger partial charge is 0.456 e. The summed E-state index contributed by atoms with van der Waals surface area (Å²) in [6.07, 6.45) is 6.19. The molecule has 3 heterocycles. The molecule has 3 rings (SSSR count). The number of halogens is 1. The Labute approximate surface area is 143 Å². The van der Waals surface area contributed by atoms with Crippen LogP contribution in [0.25, 0.3) is 11.1 Å². The van der Waals surface area contributed by atoms with Crippen LogP contribution in [-0.4, -0.2) is 11.0 Å². The molecular formula is C17H16ClN3OS. The van der Waals surface area contributed by atoms with Crippen molar-refractivity contribution in [3.63, 3.8) is 0 Å². The Hall–Kier alpha value is -2.00. The maximum atomic E-state index is 6.14. The maximum Gasteiger partial charge on any atom is 0.177 e. The van der Waals surface area contributed by atoms with Crippen LogP contribution in [-0.2, 0) is 13.0 Å². The van der Waals surface area contributed by atoms with E-state index >= 15 is 0 Å². The minimum Gasteiger partial charge on any atom is -0.456 e. The molecule has 0 amide bonds. The van der Waals surface area contributed by atoms with Gasteiger partial charge in [0.1, 0.15) is 16.4 Å². The van der Waals surface area contributed by atoms with Gasteiger partial charge in [0, 0.05) is 30.0 Å². The lowest BCUT2D eigenvalue weighted by Gasteiger charge is -2.06. The number of hydrogen-bond acceptors (Lipinski definition) is 5. The van der Waals surface area contributed by atoms with Gasteiger partial charge in [0.2, 0.25) is 0 Å². The highest BCUT2D eigenvalue weighted by Crippen LogP contribution is 2.32. The molecule has 1 atom stereocenters. The molecule has 1 unspecified atom stereocenters. The van der Waals surface area contributed by atoms with E-state index < -0.39 is 0 Å². The number of thiophene rings is 1. The first kappa shape index (κ1) is 15.9. The zero-order chi connectivity index (χ0) is 16.4. The Balaban J connectivity index is 2.03. The van der Waals surface area contributed by atoms with Gasteiger partial charge in [-0.05, 0) is 18.4 Å². The van der Waals surface area contributed by atoms with Gasteiger partial charge in [-0.1, -0.05) is 23.6 Å². The molecule has 6 heteroatoms. The number of pyridine rings is 1.